The summed E-state index contributed by atoms with van der Waals surface area (Å²) in [6, 6.07) is 10.6. The molecular formula is C28H25F4N7O3. The summed E-state index contributed by atoms with van der Waals surface area (Å²) in [6.07, 6.45) is -2.16. The summed E-state index contributed by atoms with van der Waals surface area (Å²) in [6.45, 7) is 1.27. The molecule has 2 amide bonds. The predicted octanol–water partition coefficient (Wildman–Crippen LogP) is 3.56. The van der Waals surface area contributed by atoms with E-state index in [1.807, 2.05) is 0 Å². The molecule has 2 aromatic heterocycles. The lowest BCUT2D eigenvalue weighted by Crippen LogP contribution is -2.51. The van der Waals surface area contributed by atoms with Gasteiger partial charge < -0.3 is 20.7 Å². The molecule has 3 heterocycles. The highest BCUT2D eigenvalue weighted by atomic mass is 19.4. The molecule has 1 fully saturated rings. The lowest BCUT2D eigenvalue weighted by molar-refractivity contribution is -0.137. The van der Waals surface area contributed by atoms with Crippen molar-refractivity contribution in [3.05, 3.63) is 83.7 Å². The summed E-state index contributed by atoms with van der Waals surface area (Å²) in [5.74, 6) is -2.43. The van der Waals surface area contributed by atoms with Crippen LogP contribution < -0.4 is 16.0 Å². The number of nitrogens with one attached hydrogen (secondary N) is 3. The molecule has 1 aliphatic heterocycles. The van der Waals surface area contributed by atoms with Crippen LogP contribution in [0.2, 0.25) is 0 Å². The molecule has 1 saturated heterocycles. The number of ether oxygens (including phenoxy) is 1. The minimum absolute atomic E-state index is 0.0218. The van der Waals surface area contributed by atoms with Crippen LogP contribution in [-0.4, -0.2) is 57.4 Å². The first kappa shape index (κ1) is 28.8. The third kappa shape index (κ3) is 6.44. The van der Waals surface area contributed by atoms with Crippen LogP contribution in [0, 0.1) is 5.82 Å². The minimum atomic E-state index is -4.89. The van der Waals surface area contributed by atoms with E-state index in [0.717, 1.165) is 6.07 Å². The summed E-state index contributed by atoms with van der Waals surface area (Å²) < 4.78 is 62.8. The average molecular weight is 584 g/mol. The third-order valence-electron chi connectivity index (χ3n) is 6.44. The maximum atomic E-state index is 15.0. The van der Waals surface area contributed by atoms with E-state index in [1.165, 1.54) is 30.2 Å². The van der Waals surface area contributed by atoms with Gasteiger partial charge in [0.2, 0.25) is 5.91 Å². The Balaban J connectivity index is 1.44. The monoisotopic (exact) mass is 583 g/mol. The Labute approximate surface area is 237 Å². The third-order valence-corrected chi connectivity index (χ3v) is 6.44. The van der Waals surface area contributed by atoms with Gasteiger partial charge in [0.15, 0.2) is 0 Å². The molecule has 0 radical (unpaired) electrons. The zero-order valence-corrected chi connectivity index (χ0v) is 22.2. The normalized spacial score (nSPS) is 15.3. The quantitative estimate of drug-likeness (QED) is 0.285. The average Bonchev–Trinajstić information content (AvgIpc) is 3.42. The van der Waals surface area contributed by atoms with Gasteiger partial charge in [-0.1, -0.05) is 30.3 Å². The molecule has 218 valence electrons. The highest BCUT2D eigenvalue weighted by Crippen LogP contribution is 2.38. The zero-order valence-electron chi connectivity index (χ0n) is 22.2. The molecule has 10 nitrogen and oxygen atoms in total. The van der Waals surface area contributed by atoms with E-state index in [2.05, 4.69) is 31.0 Å². The summed E-state index contributed by atoms with van der Waals surface area (Å²) in [5, 5.41) is 12.3. The Bertz CT molecular complexity index is 1600. The maximum Gasteiger partial charge on any atom is 0.417 e. The van der Waals surface area contributed by atoms with Gasteiger partial charge in [-0.25, -0.2) is 14.4 Å². The molecule has 0 aliphatic carbocycles. The summed E-state index contributed by atoms with van der Waals surface area (Å²) in [4.78, 5) is 34.4. The van der Waals surface area contributed by atoms with Crippen molar-refractivity contribution in [2.75, 3.05) is 25.1 Å². The fourth-order valence-electron chi connectivity index (χ4n) is 4.38. The van der Waals surface area contributed by atoms with Crippen LogP contribution in [0.1, 0.15) is 21.7 Å². The molecule has 0 spiro atoms. The van der Waals surface area contributed by atoms with Crippen molar-refractivity contribution < 1.29 is 31.9 Å². The maximum absolute atomic E-state index is 15.0. The number of alkyl halides is 3. The number of benzene rings is 2. The summed E-state index contributed by atoms with van der Waals surface area (Å²) in [7, 11) is 1.52. The standard InChI is InChI=1S/C28H25F4N7O3/c1-39-9-7-21(38-39)17-11-18(20(29)12-19(17)28(30,31)32)26(40)36-22-13-34-24(37-25(22)16-5-3-2-4-6-16)14-35-27(41)23-15-42-10-8-33-23/h2-7,9,11-13,23,33H,8,10,14-15H2,1H3,(H,35,41)(H,36,40)/t23-/m0/s1. The van der Waals surface area contributed by atoms with Gasteiger partial charge in [0.25, 0.3) is 5.91 Å². The Hall–Kier alpha value is -4.69. The molecule has 4 aromatic rings. The van der Waals surface area contributed by atoms with Gasteiger partial charge in [-0.15, -0.1) is 0 Å². The molecule has 2 aromatic carbocycles. The van der Waals surface area contributed by atoms with Crippen molar-refractivity contribution in [3.63, 3.8) is 0 Å². The lowest BCUT2D eigenvalue weighted by Gasteiger charge is -2.22. The lowest BCUT2D eigenvalue weighted by atomic mass is 9.99. The number of aryl methyl sites for hydroxylation is 1. The number of rotatable bonds is 7. The van der Waals surface area contributed by atoms with Crippen LogP contribution in [0.5, 0.6) is 0 Å². The van der Waals surface area contributed by atoms with Gasteiger partial charge in [-0.05, 0) is 18.2 Å². The number of halogens is 4. The number of amides is 2. The molecule has 1 aliphatic rings. The van der Waals surface area contributed by atoms with Crippen molar-refractivity contribution in [1.82, 2.24) is 30.4 Å². The first-order valence-electron chi connectivity index (χ1n) is 12.8. The van der Waals surface area contributed by atoms with Crippen molar-refractivity contribution in [1.29, 1.82) is 0 Å². The second-order valence-corrected chi connectivity index (χ2v) is 9.42. The van der Waals surface area contributed by atoms with E-state index < -0.39 is 40.6 Å². The SMILES string of the molecule is Cn1ccc(-c2cc(C(=O)Nc3cnc(CNC(=O)[C@@H]4COCCN4)nc3-c3ccccc3)c(F)cc2C(F)(F)F)n1. The molecular weight excluding hydrogens is 558 g/mol. The first-order valence-corrected chi connectivity index (χ1v) is 12.8. The number of hydrogen-bond donors (Lipinski definition) is 3. The largest absolute Gasteiger partial charge is 0.417 e. The van der Waals surface area contributed by atoms with Crippen LogP contribution in [0.25, 0.3) is 22.5 Å². The summed E-state index contributed by atoms with van der Waals surface area (Å²) >= 11 is 0. The Morgan fingerprint density at radius 1 is 1.17 bits per heavy atom. The van der Waals surface area contributed by atoms with Crippen molar-refractivity contribution in [2.45, 2.75) is 18.8 Å². The zero-order chi connectivity index (χ0) is 29.9. The molecule has 3 N–H and O–H groups in total. The van der Waals surface area contributed by atoms with E-state index in [4.69, 9.17) is 4.74 Å². The van der Waals surface area contributed by atoms with Gasteiger partial charge in [0.1, 0.15) is 17.7 Å². The number of aromatic nitrogens is 4. The van der Waals surface area contributed by atoms with Crippen molar-refractivity contribution in [2.24, 2.45) is 7.05 Å². The second-order valence-electron chi connectivity index (χ2n) is 9.42. The Morgan fingerprint density at radius 3 is 2.62 bits per heavy atom. The molecule has 0 bridgehead atoms. The molecule has 1 atom stereocenters. The number of anilines is 1. The van der Waals surface area contributed by atoms with Gasteiger partial charge in [-0.3, -0.25) is 14.3 Å². The number of carbonyl (C=O) groups excluding carboxylic acids is 2. The fourth-order valence-corrected chi connectivity index (χ4v) is 4.38. The van der Waals surface area contributed by atoms with Crippen LogP contribution in [-0.2, 0) is 29.3 Å². The van der Waals surface area contributed by atoms with Crippen LogP contribution in [0.15, 0.2) is 60.9 Å². The predicted molar refractivity (Wildman–Crippen MR) is 143 cm³/mol. The molecule has 0 saturated carbocycles. The number of morpholine rings is 1. The fraction of sp³-hybridized carbons (Fsp3) is 0.250. The Morgan fingerprint density at radius 2 is 1.95 bits per heavy atom. The van der Waals surface area contributed by atoms with Crippen LogP contribution >= 0.6 is 0 Å². The van der Waals surface area contributed by atoms with Gasteiger partial charge in [0.05, 0.1) is 54.2 Å². The van der Waals surface area contributed by atoms with E-state index in [1.54, 1.807) is 30.3 Å². The van der Waals surface area contributed by atoms with E-state index in [0.29, 0.717) is 18.7 Å². The first-order chi connectivity index (χ1) is 20.1. The molecule has 14 heteroatoms. The van der Waals surface area contributed by atoms with E-state index in [9.17, 15) is 27.2 Å². The highest BCUT2D eigenvalue weighted by molar-refractivity contribution is 6.06. The van der Waals surface area contributed by atoms with Gasteiger partial charge in [0, 0.05) is 30.9 Å². The minimum Gasteiger partial charge on any atom is -0.378 e. The second kappa shape index (κ2) is 12.0. The topological polar surface area (TPSA) is 123 Å². The van der Waals surface area contributed by atoms with Gasteiger partial charge >= 0.3 is 6.18 Å². The summed E-state index contributed by atoms with van der Waals surface area (Å²) in [5.41, 5.74) is -1.48. The van der Waals surface area contributed by atoms with E-state index in [-0.39, 0.29) is 48.0 Å². The smallest absolute Gasteiger partial charge is 0.378 e. The highest BCUT2D eigenvalue weighted by Gasteiger charge is 2.36. The van der Waals surface area contributed by atoms with E-state index >= 15 is 0 Å². The Kier molecular flexibility index (Phi) is 8.27. The van der Waals surface area contributed by atoms with Crippen molar-refractivity contribution >= 4 is 17.5 Å². The number of hydrogen-bond acceptors (Lipinski definition) is 7. The van der Waals surface area contributed by atoms with Crippen LogP contribution in [0.3, 0.4) is 0 Å². The van der Waals surface area contributed by atoms with Gasteiger partial charge in [-0.2, -0.15) is 18.3 Å². The number of carbonyl (C=O) groups is 2. The number of nitrogens with zero attached hydrogens (tertiary/aromatic N) is 4. The molecule has 0 unspecified atom stereocenters. The van der Waals surface area contributed by atoms with Crippen LogP contribution in [0.4, 0.5) is 23.2 Å². The van der Waals surface area contributed by atoms with Crippen molar-refractivity contribution in [3.8, 4) is 22.5 Å². The molecule has 5 rings (SSSR count). The molecule has 42 heavy (non-hydrogen) atoms.